The summed E-state index contributed by atoms with van der Waals surface area (Å²) in [7, 11) is 0. The van der Waals surface area contributed by atoms with Crippen molar-refractivity contribution in [2.75, 3.05) is 6.61 Å². The van der Waals surface area contributed by atoms with Crippen LogP contribution in [0.4, 0.5) is 0 Å². The van der Waals surface area contributed by atoms with E-state index in [4.69, 9.17) is 4.74 Å². The molecule has 3 rings (SSSR count). The Morgan fingerprint density at radius 1 is 1.35 bits per heavy atom. The minimum atomic E-state index is -0.701. The van der Waals surface area contributed by atoms with E-state index < -0.39 is 11.4 Å². The highest BCUT2D eigenvalue weighted by molar-refractivity contribution is 5.83. The molecule has 0 radical (unpaired) electrons. The summed E-state index contributed by atoms with van der Waals surface area (Å²) in [5.74, 6) is 0.203. The monoisotopic (exact) mass is 232 g/mol. The maximum atomic E-state index is 11.8. The second-order valence-electron chi connectivity index (χ2n) is 5.03. The van der Waals surface area contributed by atoms with Crippen LogP contribution >= 0.6 is 0 Å². The average Bonchev–Trinajstić information content (AvgIpc) is 2.38. The largest absolute Gasteiger partial charge is 0.493 e. The fraction of sp³-hybridized carbons (Fsp3) is 0.500. The second kappa shape index (κ2) is 3.76. The molecule has 2 unspecified atom stereocenters. The number of benzene rings is 1. The summed E-state index contributed by atoms with van der Waals surface area (Å²) >= 11 is 0. The number of hydrogen-bond donors (Lipinski definition) is 1. The van der Waals surface area contributed by atoms with E-state index in [0.717, 1.165) is 37.0 Å². The van der Waals surface area contributed by atoms with Crippen LogP contribution in [0.15, 0.2) is 24.3 Å². The third-order valence-electron chi connectivity index (χ3n) is 4.26. The van der Waals surface area contributed by atoms with Gasteiger partial charge in [-0.2, -0.15) is 0 Å². The SMILES string of the molecule is O=C(O)C12CCCCC1COc1ccccc12. The highest BCUT2D eigenvalue weighted by Gasteiger charge is 2.52. The van der Waals surface area contributed by atoms with Crippen LogP contribution in [0, 0.1) is 5.92 Å². The molecule has 1 aromatic rings. The molecule has 2 aliphatic rings. The molecule has 17 heavy (non-hydrogen) atoms. The summed E-state index contributed by atoms with van der Waals surface area (Å²) in [5, 5.41) is 9.72. The summed E-state index contributed by atoms with van der Waals surface area (Å²) in [5.41, 5.74) is 0.177. The van der Waals surface area contributed by atoms with Crippen molar-refractivity contribution in [3.8, 4) is 5.75 Å². The van der Waals surface area contributed by atoms with Gasteiger partial charge < -0.3 is 9.84 Å². The molecule has 1 aliphatic carbocycles. The van der Waals surface area contributed by atoms with Crippen LogP contribution in [0.1, 0.15) is 31.2 Å². The van der Waals surface area contributed by atoms with E-state index in [0.29, 0.717) is 6.61 Å². The van der Waals surface area contributed by atoms with Crippen molar-refractivity contribution < 1.29 is 14.6 Å². The molecule has 1 aliphatic heterocycles. The summed E-state index contributed by atoms with van der Waals surface area (Å²) < 4.78 is 5.70. The first-order chi connectivity index (χ1) is 8.25. The van der Waals surface area contributed by atoms with Gasteiger partial charge in [0.05, 0.1) is 6.61 Å². The van der Waals surface area contributed by atoms with E-state index in [1.807, 2.05) is 24.3 Å². The van der Waals surface area contributed by atoms with Gasteiger partial charge in [-0.05, 0) is 18.9 Å². The molecule has 1 heterocycles. The number of carboxylic acid groups (broad SMARTS) is 1. The van der Waals surface area contributed by atoms with E-state index >= 15 is 0 Å². The van der Waals surface area contributed by atoms with Crippen molar-refractivity contribution in [1.29, 1.82) is 0 Å². The predicted molar refractivity (Wildman–Crippen MR) is 63.2 cm³/mol. The quantitative estimate of drug-likeness (QED) is 0.809. The Morgan fingerprint density at radius 2 is 2.18 bits per heavy atom. The number of carbonyl (C=O) groups is 1. The molecule has 0 amide bonds. The molecular weight excluding hydrogens is 216 g/mol. The zero-order chi connectivity index (χ0) is 11.9. The Labute approximate surface area is 100 Å². The maximum absolute atomic E-state index is 11.8. The number of rotatable bonds is 1. The van der Waals surface area contributed by atoms with Crippen molar-refractivity contribution in [3.05, 3.63) is 29.8 Å². The van der Waals surface area contributed by atoms with E-state index in [2.05, 4.69) is 0 Å². The van der Waals surface area contributed by atoms with E-state index in [-0.39, 0.29) is 5.92 Å². The van der Waals surface area contributed by atoms with Crippen molar-refractivity contribution in [2.45, 2.75) is 31.1 Å². The van der Waals surface area contributed by atoms with Crippen molar-refractivity contribution >= 4 is 5.97 Å². The van der Waals surface area contributed by atoms with Gasteiger partial charge >= 0.3 is 5.97 Å². The molecule has 0 bridgehead atoms. The predicted octanol–water partition coefficient (Wildman–Crippen LogP) is 2.59. The van der Waals surface area contributed by atoms with Gasteiger partial charge in [0.25, 0.3) is 0 Å². The summed E-state index contributed by atoms with van der Waals surface area (Å²) in [4.78, 5) is 11.8. The molecule has 1 saturated carbocycles. The van der Waals surface area contributed by atoms with Crippen LogP contribution in [0.2, 0.25) is 0 Å². The highest BCUT2D eigenvalue weighted by Crippen LogP contribution is 2.50. The van der Waals surface area contributed by atoms with Crippen LogP contribution in [0.3, 0.4) is 0 Å². The second-order valence-corrected chi connectivity index (χ2v) is 5.03. The van der Waals surface area contributed by atoms with Gasteiger partial charge in [0.2, 0.25) is 0 Å². The van der Waals surface area contributed by atoms with Gasteiger partial charge in [-0.3, -0.25) is 4.79 Å². The standard InChI is InChI=1S/C14H16O3/c15-13(16)14-8-4-3-5-10(14)9-17-12-7-2-1-6-11(12)14/h1-2,6-7,10H,3-5,8-9H2,(H,15,16). The highest BCUT2D eigenvalue weighted by atomic mass is 16.5. The number of fused-ring (bicyclic) bond motifs is 3. The lowest BCUT2D eigenvalue weighted by molar-refractivity contribution is -0.149. The Kier molecular flexibility index (Phi) is 2.35. The molecule has 1 fully saturated rings. The minimum absolute atomic E-state index is 0.128. The van der Waals surface area contributed by atoms with E-state index in [1.54, 1.807) is 0 Å². The molecule has 3 nitrogen and oxygen atoms in total. The number of ether oxygens (including phenoxy) is 1. The van der Waals surface area contributed by atoms with Gasteiger partial charge in [-0.25, -0.2) is 0 Å². The van der Waals surface area contributed by atoms with E-state index in [9.17, 15) is 9.90 Å². The lowest BCUT2D eigenvalue weighted by Gasteiger charge is -2.44. The van der Waals surface area contributed by atoms with Crippen molar-refractivity contribution in [3.63, 3.8) is 0 Å². The summed E-state index contributed by atoms with van der Waals surface area (Å²) in [6.07, 6.45) is 3.82. The lowest BCUT2D eigenvalue weighted by Crippen LogP contribution is -2.50. The molecule has 1 aromatic carbocycles. The first-order valence-electron chi connectivity index (χ1n) is 6.21. The van der Waals surface area contributed by atoms with Gasteiger partial charge in [0.1, 0.15) is 11.2 Å². The molecule has 0 aromatic heterocycles. The first-order valence-corrected chi connectivity index (χ1v) is 6.21. The van der Waals surface area contributed by atoms with Crippen LogP contribution in [0.5, 0.6) is 5.75 Å². The normalized spacial score (nSPS) is 30.9. The fourth-order valence-electron chi connectivity index (χ4n) is 3.37. The van der Waals surface area contributed by atoms with Crippen LogP contribution in [0.25, 0.3) is 0 Å². The zero-order valence-electron chi connectivity index (χ0n) is 9.69. The first kappa shape index (κ1) is 10.6. The fourth-order valence-corrected chi connectivity index (χ4v) is 3.37. The minimum Gasteiger partial charge on any atom is -0.493 e. The third-order valence-corrected chi connectivity index (χ3v) is 4.26. The van der Waals surface area contributed by atoms with Crippen LogP contribution in [-0.2, 0) is 10.2 Å². The van der Waals surface area contributed by atoms with Gasteiger partial charge in [-0.15, -0.1) is 0 Å². The van der Waals surface area contributed by atoms with Gasteiger partial charge in [0, 0.05) is 11.5 Å². The molecular formula is C14H16O3. The molecule has 1 N–H and O–H groups in total. The Bertz CT molecular complexity index is 455. The lowest BCUT2D eigenvalue weighted by atomic mass is 9.61. The van der Waals surface area contributed by atoms with E-state index in [1.165, 1.54) is 0 Å². The van der Waals surface area contributed by atoms with Crippen LogP contribution < -0.4 is 4.74 Å². The Hall–Kier alpha value is -1.51. The van der Waals surface area contributed by atoms with Crippen molar-refractivity contribution in [1.82, 2.24) is 0 Å². The number of para-hydroxylation sites is 1. The summed E-state index contributed by atoms with van der Waals surface area (Å²) in [6, 6.07) is 7.60. The topological polar surface area (TPSA) is 46.5 Å². The Morgan fingerprint density at radius 3 is 3.00 bits per heavy atom. The molecule has 3 heteroatoms. The molecule has 0 saturated heterocycles. The smallest absolute Gasteiger partial charge is 0.314 e. The summed E-state index contributed by atoms with van der Waals surface area (Å²) in [6.45, 7) is 0.545. The van der Waals surface area contributed by atoms with Gasteiger partial charge in [-0.1, -0.05) is 31.0 Å². The van der Waals surface area contributed by atoms with Crippen LogP contribution in [-0.4, -0.2) is 17.7 Å². The third kappa shape index (κ3) is 1.38. The molecule has 2 atom stereocenters. The zero-order valence-corrected chi connectivity index (χ0v) is 9.69. The molecule has 0 spiro atoms. The average molecular weight is 232 g/mol. The maximum Gasteiger partial charge on any atom is 0.314 e. The Balaban J connectivity index is 2.18. The molecule has 90 valence electrons. The number of hydrogen-bond acceptors (Lipinski definition) is 2. The number of carboxylic acids is 1. The van der Waals surface area contributed by atoms with Gasteiger partial charge in [0.15, 0.2) is 0 Å². The number of aliphatic carboxylic acids is 1. The van der Waals surface area contributed by atoms with Crippen molar-refractivity contribution in [2.24, 2.45) is 5.92 Å².